The van der Waals surface area contributed by atoms with Gasteiger partial charge in [0.1, 0.15) is 0 Å². The molecule has 0 atom stereocenters. The monoisotopic (exact) mass is 330 g/mol. The number of methoxy groups -OCH3 is 2. The molecule has 2 rings (SSSR count). The first-order valence-electron chi connectivity index (χ1n) is 7.51. The fourth-order valence-electron chi connectivity index (χ4n) is 2.17. The number of hydrogen-bond donors (Lipinski definition) is 2. The topological polar surface area (TPSA) is 42.5 Å². The largest absolute Gasteiger partial charge is 0.493 e. The highest BCUT2D eigenvalue weighted by Crippen LogP contribution is 2.27. The van der Waals surface area contributed by atoms with Crippen LogP contribution in [-0.2, 0) is 13.0 Å². The van der Waals surface area contributed by atoms with Gasteiger partial charge in [-0.15, -0.1) is 0 Å². The molecule has 2 N–H and O–H groups in total. The van der Waals surface area contributed by atoms with Gasteiger partial charge in [0.05, 0.1) is 14.2 Å². The minimum atomic E-state index is 0.587. The Balaban J connectivity index is 1.90. The molecule has 2 aromatic carbocycles. The Hall–Kier alpha value is -2.27. The van der Waals surface area contributed by atoms with E-state index in [-0.39, 0.29) is 0 Å². The number of benzene rings is 2. The Bertz CT molecular complexity index is 657. The van der Waals surface area contributed by atoms with Gasteiger partial charge in [0, 0.05) is 12.2 Å². The normalized spacial score (nSPS) is 10.0. The van der Waals surface area contributed by atoms with Crippen molar-refractivity contribution in [1.29, 1.82) is 0 Å². The van der Waals surface area contributed by atoms with Gasteiger partial charge >= 0.3 is 0 Å². The number of nitrogens with one attached hydrogen (secondary N) is 2. The Labute approximate surface area is 142 Å². The van der Waals surface area contributed by atoms with E-state index in [1.54, 1.807) is 14.2 Å². The van der Waals surface area contributed by atoms with Crippen molar-refractivity contribution in [2.75, 3.05) is 19.5 Å². The molecule has 0 saturated carbocycles. The second-order valence-electron chi connectivity index (χ2n) is 5.05. The van der Waals surface area contributed by atoms with Crippen molar-refractivity contribution in [2.24, 2.45) is 0 Å². The van der Waals surface area contributed by atoms with Gasteiger partial charge in [-0.05, 0) is 54.0 Å². The van der Waals surface area contributed by atoms with E-state index in [4.69, 9.17) is 21.7 Å². The van der Waals surface area contributed by atoms with Gasteiger partial charge in [0.15, 0.2) is 16.6 Å². The molecule has 23 heavy (non-hydrogen) atoms. The van der Waals surface area contributed by atoms with Crippen LogP contribution in [0.3, 0.4) is 0 Å². The number of aryl methyl sites for hydroxylation is 1. The number of rotatable bonds is 6. The molecule has 0 heterocycles. The lowest BCUT2D eigenvalue weighted by molar-refractivity contribution is 0.354. The standard InChI is InChI=1S/C18H22N2O2S/c1-4-13-5-8-15(9-6-13)20-18(23)19-12-14-7-10-16(21-2)17(11-14)22-3/h5-11H,4,12H2,1-3H3,(H2,19,20,23). The molecule has 0 spiro atoms. The molecule has 0 radical (unpaired) electrons. The second kappa shape index (κ2) is 8.39. The molecule has 5 heteroatoms. The van der Waals surface area contributed by atoms with Gasteiger partial charge in [-0.3, -0.25) is 0 Å². The van der Waals surface area contributed by atoms with Crippen molar-refractivity contribution < 1.29 is 9.47 Å². The molecule has 0 aliphatic rings. The van der Waals surface area contributed by atoms with Gasteiger partial charge in [0.25, 0.3) is 0 Å². The summed E-state index contributed by atoms with van der Waals surface area (Å²) < 4.78 is 10.5. The maximum absolute atomic E-state index is 5.33. The highest BCUT2D eigenvalue weighted by molar-refractivity contribution is 7.80. The summed E-state index contributed by atoms with van der Waals surface area (Å²) in [6.07, 6.45) is 1.03. The zero-order chi connectivity index (χ0) is 16.7. The minimum absolute atomic E-state index is 0.587. The third-order valence-corrected chi connectivity index (χ3v) is 3.77. The van der Waals surface area contributed by atoms with Crippen molar-refractivity contribution in [1.82, 2.24) is 5.32 Å². The van der Waals surface area contributed by atoms with Crippen LogP contribution in [0.2, 0.25) is 0 Å². The Morgan fingerprint density at radius 1 is 0.957 bits per heavy atom. The van der Waals surface area contributed by atoms with Crippen LogP contribution in [0.25, 0.3) is 0 Å². The van der Waals surface area contributed by atoms with Crippen LogP contribution in [0.1, 0.15) is 18.1 Å². The molecule has 4 nitrogen and oxygen atoms in total. The second-order valence-corrected chi connectivity index (χ2v) is 5.46. The summed E-state index contributed by atoms with van der Waals surface area (Å²) >= 11 is 5.33. The van der Waals surface area contributed by atoms with E-state index >= 15 is 0 Å². The van der Waals surface area contributed by atoms with Crippen molar-refractivity contribution in [3.8, 4) is 11.5 Å². The summed E-state index contributed by atoms with van der Waals surface area (Å²) in [5, 5.41) is 6.95. The van der Waals surface area contributed by atoms with Crippen LogP contribution in [0.5, 0.6) is 11.5 Å². The minimum Gasteiger partial charge on any atom is -0.493 e. The number of anilines is 1. The SMILES string of the molecule is CCc1ccc(NC(=S)NCc2ccc(OC)c(OC)c2)cc1. The van der Waals surface area contributed by atoms with Crippen molar-refractivity contribution in [2.45, 2.75) is 19.9 Å². The summed E-state index contributed by atoms with van der Waals surface area (Å²) in [6.45, 7) is 2.75. The number of ether oxygens (including phenoxy) is 2. The molecule has 0 aliphatic carbocycles. The first-order chi connectivity index (χ1) is 11.2. The summed E-state index contributed by atoms with van der Waals surface area (Å²) in [5.74, 6) is 1.42. The van der Waals surface area contributed by atoms with Crippen LogP contribution < -0.4 is 20.1 Å². The van der Waals surface area contributed by atoms with Crippen LogP contribution in [0.4, 0.5) is 5.69 Å². The third kappa shape index (κ3) is 4.86. The fraction of sp³-hybridized carbons (Fsp3) is 0.278. The predicted octanol–water partition coefficient (Wildman–Crippen LogP) is 3.75. The quantitative estimate of drug-likeness (QED) is 0.790. The summed E-state index contributed by atoms with van der Waals surface area (Å²) in [7, 11) is 3.25. The van der Waals surface area contributed by atoms with Gasteiger partial charge in [-0.2, -0.15) is 0 Å². The maximum Gasteiger partial charge on any atom is 0.171 e. The van der Waals surface area contributed by atoms with E-state index in [0.29, 0.717) is 23.2 Å². The van der Waals surface area contributed by atoms with Crippen LogP contribution in [0, 0.1) is 0 Å². The fourth-order valence-corrected chi connectivity index (χ4v) is 2.36. The first kappa shape index (κ1) is 17.1. The molecule has 122 valence electrons. The zero-order valence-electron chi connectivity index (χ0n) is 13.7. The van der Waals surface area contributed by atoms with Gasteiger partial charge < -0.3 is 20.1 Å². The summed E-state index contributed by atoms with van der Waals surface area (Å²) in [5.41, 5.74) is 3.35. The third-order valence-electron chi connectivity index (χ3n) is 3.52. The van der Waals surface area contributed by atoms with Gasteiger partial charge in [0.2, 0.25) is 0 Å². The van der Waals surface area contributed by atoms with E-state index in [2.05, 4.69) is 29.7 Å². The van der Waals surface area contributed by atoms with E-state index in [0.717, 1.165) is 17.7 Å². The number of hydrogen-bond acceptors (Lipinski definition) is 3. The van der Waals surface area contributed by atoms with Gasteiger partial charge in [-0.1, -0.05) is 25.1 Å². The highest BCUT2D eigenvalue weighted by Gasteiger charge is 2.05. The highest BCUT2D eigenvalue weighted by atomic mass is 32.1. The average molecular weight is 330 g/mol. The molecule has 0 amide bonds. The molecular formula is C18H22N2O2S. The average Bonchev–Trinajstić information content (AvgIpc) is 2.60. The van der Waals surface area contributed by atoms with E-state index in [1.807, 2.05) is 30.3 Å². The molecule has 0 aromatic heterocycles. The molecule has 0 unspecified atom stereocenters. The Kier molecular flexibility index (Phi) is 6.23. The molecule has 0 saturated heterocycles. The van der Waals surface area contributed by atoms with Crippen molar-refractivity contribution in [3.05, 3.63) is 53.6 Å². The molecular weight excluding hydrogens is 308 g/mol. The van der Waals surface area contributed by atoms with Crippen LogP contribution in [-0.4, -0.2) is 19.3 Å². The Morgan fingerprint density at radius 2 is 1.61 bits per heavy atom. The molecule has 2 aromatic rings. The maximum atomic E-state index is 5.33. The van der Waals surface area contributed by atoms with E-state index in [1.165, 1.54) is 5.56 Å². The first-order valence-corrected chi connectivity index (χ1v) is 7.91. The van der Waals surface area contributed by atoms with E-state index < -0.39 is 0 Å². The van der Waals surface area contributed by atoms with Crippen molar-refractivity contribution >= 4 is 23.0 Å². The lowest BCUT2D eigenvalue weighted by atomic mass is 10.1. The molecule has 0 aliphatic heterocycles. The van der Waals surface area contributed by atoms with E-state index in [9.17, 15) is 0 Å². The van der Waals surface area contributed by atoms with Gasteiger partial charge in [-0.25, -0.2) is 0 Å². The molecule has 0 bridgehead atoms. The number of thiocarbonyl (C=S) groups is 1. The predicted molar refractivity (Wildman–Crippen MR) is 98.4 cm³/mol. The van der Waals surface area contributed by atoms with Crippen LogP contribution >= 0.6 is 12.2 Å². The van der Waals surface area contributed by atoms with Crippen LogP contribution in [0.15, 0.2) is 42.5 Å². The zero-order valence-corrected chi connectivity index (χ0v) is 14.5. The summed E-state index contributed by atoms with van der Waals surface area (Å²) in [6, 6.07) is 14.1. The smallest absolute Gasteiger partial charge is 0.171 e. The lowest BCUT2D eigenvalue weighted by Crippen LogP contribution is -2.27. The summed E-state index contributed by atoms with van der Waals surface area (Å²) in [4.78, 5) is 0. The lowest BCUT2D eigenvalue weighted by Gasteiger charge is -2.13. The molecule has 0 fully saturated rings. The Morgan fingerprint density at radius 3 is 2.22 bits per heavy atom. The van der Waals surface area contributed by atoms with Crippen molar-refractivity contribution in [3.63, 3.8) is 0 Å².